The van der Waals surface area contributed by atoms with Crippen LogP contribution >= 0.6 is 0 Å². The normalized spacial score (nSPS) is 21.4. The van der Waals surface area contributed by atoms with Gasteiger partial charge in [0.2, 0.25) is 0 Å². The van der Waals surface area contributed by atoms with Gasteiger partial charge in [-0.25, -0.2) is 0 Å². The minimum absolute atomic E-state index is 0.324. The first-order valence-corrected chi connectivity index (χ1v) is 4.34. The van der Waals surface area contributed by atoms with Crippen LogP contribution in [0.25, 0.3) is 0 Å². The Morgan fingerprint density at radius 1 is 1.25 bits per heavy atom. The molecule has 0 spiro atoms. The molecule has 2 rings (SSSR count). The van der Waals surface area contributed by atoms with E-state index in [4.69, 9.17) is 5.73 Å². The van der Waals surface area contributed by atoms with Crippen molar-refractivity contribution < 1.29 is 0 Å². The number of benzene rings is 1. The second kappa shape index (κ2) is 3.11. The Bertz CT molecular complexity index is 287. The number of rotatable bonds is 2. The highest BCUT2D eigenvalue weighted by molar-refractivity contribution is 5.29. The zero-order valence-electron chi connectivity index (χ0n) is 7.03. The molecule has 0 aliphatic heterocycles. The van der Waals surface area contributed by atoms with Crippen LogP contribution in [0.2, 0.25) is 0 Å². The molecular weight excluding hydrogens is 146 g/mol. The number of hydrogen-bond donors (Lipinski definition) is 1. The summed E-state index contributed by atoms with van der Waals surface area (Å²) in [5.41, 5.74) is 8.55. The van der Waals surface area contributed by atoms with Crippen molar-refractivity contribution >= 4 is 0 Å². The van der Waals surface area contributed by atoms with Crippen molar-refractivity contribution in [3.8, 4) is 0 Å². The van der Waals surface area contributed by atoms with E-state index in [2.05, 4.69) is 30.3 Å². The predicted molar refractivity (Wildman–Crippen MR) is 50.8 cm³/mol. The number of nitrogens with two attached hydrogens (primary N) is 1. The lowest BCUT2D eigenvalue weighted by molar-refractivity contribution is 0.685. The van der Waals surface area contributed by atoms with Gasteiger partial charge in [-0.2, -0.15) is 0 Å². The van der Waals surface area contributed by atoms with Crippen LogP contribution in [0.15, 0.2) is 42.0 Å². The van der Waals surface area contributed by atoms with Crippen LogP contribution in [0.1, 0.15) is 12.0 Å². The first-order valence-electron chi connectivity index (χ1n) is 4.34. The molecule has 12 heavy (non-hydrogen) atoms. The first-order chi connectivity index (χ1) is 5.86. The van der Waals surface area contributed by atoms with Gasteiger partial charge in [0.15, 0.2) is 0 Å². The van der Waals surface area contributed by atoms with Gasteiger partial charge in [0.1, 0.15) is 0 Å². The molecule has 0 bridgehead atoms. The van der Waals surface area contributed by atoms with Crippen molar-refractivity contribution in [3.05, 3.63) is 47.5 Å². The zero-order chi connectivity index (χ0) is 8.39. The molecular formula is C11H13N. The van der Waals surface area contributed by atoms with Crippen LogP contribution in [0, 0.1) is 0 Å². The van der Waals surface area contributed by atoms with Gasteiger partial charge in [0.25, 0.3) is 0 Å². The van der Waals surface area contributed by atoms with Crippen LogP contribution in [0.3, 0.4) is 0 Å². The summed E-state index contributed by atoms with van der Waals surface area (Å²) in [7, 11) is 0. The third-order valence-corrected chi connectivity index (χ3v) is 2.36. The number of hydrogen-bond acceptors (Lipinski definition) is 1. The molecule has 1 aromatic rings. The Balaban J connectivity index is 2.05. The second-order valence-corrected chi connectivity index (χ2v) is 3.28. The van der Waals surface area contributed by atoms with E-state index in [-0.39, 0.29) is 0 Å². The van der Waals surface area contributed by atoms with Crippen molar-refractivity contribution in [2.24, 2.45) is 5.73 Å². The Morgan fingerprint density at radius 3 is 2.50 bits per heavy atom. The Morgan fingerprint density at radius 2 is 2.00 bits per heavy atom. The molecule has 62 valence electrons. The van der Waals surface area contributed by atoms with E-state index in [0.717, 1.165) is 12.8 Å². The largest absolute Gasteiger partial charge is 0.324 e. The van der Waals surface area contributed by atoms with Crippen LogP contribution < -0.4 is 5.73 Å². The maximum absolute atomic E-state index is 5.80. The predicted octanol–water partition coefficient (Wildman–Crippen LogP) is 1.89. The maximum atomic E-state index is 5.80. The fourth-order valence-corrected chi connectivity index (χ4v) is 1.46. The summed E-state index contributed by atoms with van der Waals surface area (Å²) in [5, 5.41) is 0. The molecule has 0 amide bonds. The minimum Gasteiger partial charge on any atom is -0.324 e. The van der Waals surface area contributed by atoms with Gasteiger partial charge < -0.3 is 5.73 Å². The van der Waals surface area contributed by atoms with Crippen molar-refractivity contribution in [1.29, 1.82) is 0 Å². The van der Waals surface area contributed by atoms with Gasteiger partial charge in [0, 0.05) is 6.04 Å². The van der Waals surface area contributed by atoms with E-state index in [9.17, 15) is 0 Å². The fraction of sp³-hybridized carbons (Fsp3) is 0.273. The van der Waals surface area contributed by atoms with Crippen LogP contribution in [-0.2, 0) is 6.42 Å². The lowest BCUT2D eigenvalue weighted by atomic mass is 9.88. The van der Waals surface area contributed by atoms with Crippen molar-refractivity contribution in [3.63, 3.8) is 0 Å². The summed E-state index contributed by atoms with van der Waals surface area (Å²) in [5.74, 6) is 0. The highest BCUT2D eigenvalue weighted by Crippen LogP contribution is 2.21. The fourth-order valence-electron chi connectivity index (χ4n) is 1.46. The van der Waals surface area contributed by atoms with E-state index in [1.807, 2.05) is 6.07 Å². The molecule has 1 aromatic carbocycles. The summed E-state index contributed by atoms with van der Waals surface area (Å²) >= 11 is 0. The van der Waals surface area contributed by atoms with E-state index in [0.29, 0.717) is 6.04 Å². The Labute approximate surface area is 72.9 Å². The maximum Gasteiger partial charge on any atom is 0.0292 e. The van der Waals surface area contributed by atoms with Gasteiger partial charge in [-0.05, 0) is 18.4 Å². The van der Waals surface area contributed by atoms with Crippen molar-refractivity contribution in [1.82, 2.24) is 0 Å². The molecule has 1 unspecified atom stereocenters. The molecule has 0 saturated heterocycles. The lowest BCUT2D eigenvalue weighted by Gasteiger charge is -2.23. The standard InChI is InChI=1S/C11H13N/c12-11-7-6-10(11)8-9-4-2-1-3-5-9/h1-6,11H,7-8,12H2. The molecule has 1 heteroatoms. The highest BCUT2D eigenvalue weighted by atomic mass is 14.7. The van der Waals surface area contributed by atoms with Gasteiger partial charge in [0.05, 0.1) is 0 Å². The molecule has 0 fully saturated rings. The molecule has 0 aromatic heterocycles. The van der Waals surface area contributed by atoms with Gasteiger partial charge in [-0.15, -0.1) is 0 Å². The summed E-state index contributed by atoms with van der Waals surface area (Å²) in [4.78, 5) is 0. The lowest BCUT2D eigenvalue weighted by Crippen LogP contribution is -2.29. The van der Waals surface area contributed by atoms with E-state index in [1.54, 1.807) is 0 Å². The average Bonchev–Trinajstić information content (AvgIpc) is 2.14. The molecule has 1 nitrogen and oxygen atoms in total. The second-order valence-electron chi connectivity index (χ2n) is 3.28. The molecule has 1 aliphatic carbocycles. The quantitative estimate of drug-likeness (QED) is 0.655. The molecule has 0 saturated carbocycles. The zero-order valence-corrected chi connectivity index (χ0v) is 7.03. The molecule has 1 aliphatic rings. The van der Waals surface area contributed by atoms with Gasteiger partial charge >= 0.3 is 0 Å². The summed E-state index contributed by atoms with van der Waals surface area (Å²) < 4.78 is 0. The average molecular weight is 159 g/mol. The highest BCUT2D eigenvalue weighted by Gasteiger charge is 2.15. The van der Waals surface area contributed by atoms with Crippen LogP contribution in [-0.4, -0.2) is 6.04 Å². The van der Waals surface area contributed by atoms with E-state index < -0.39 is 0 Å². The van der Waals surface area contributed by atoms with Crippen molar-refractivity contribution in [2.75, 3.05) is 0 Å². The van der Waals surface area contributed by atoms with Gasteiger partial charge in [-0.1, -0.05) is 42.0 Å². The SMILES string of the molecule is NC1CC=C1Cc1ccccc1. The summed E-state index contributed by atoms with van der Waals surface area (Å²) in [6.45, 7) is 0. The third kappa shape index (κ3) is 1.41. The Hall–Kier alpha value is -1.08. The summed E-state index contributed by atoms with van der Waals surface area (Å²) in [6, 6.07) is 10.8. The molecule has 0 heterocycles. The summed E-state index contributed by atoms with van der Waals surface area (Å²) in [6.07, 6.45) is 4.32. The van der Waals surface area contributed by atoms with Crippen LogP contribution in [0.4, 0.5) is 0 Å². The van der Waals surface area contributed by atoms with Gasteiger partial charge in [-0.3, -0.25) is 0 Å². The van der Waals surface area contributed by atoms with Crippen LogP contribution in [0.5, 0.6) is 0 Å². The smallest absolute Gasteiger partial charge is 0.0292 e. The van der Waals surface area contributed by atoms with Crippen molar-refractivity contribution in [2.45, 2.75) is 18.9 Å². The first kappa shape index (κ1) is 7.56. The Kier molecular flexibility index (Phi) is 1.96. The van der Waals surface area contributed by atoms with E-state index in [1.165, 1.54) is 11.1 Å². The minimum atomic E-state index is 0.324. The molecule has 2 N–H and O–H groups in total. The molecule has 1 atom stereocenters. The monoisotopic (exact) mass is 159 g/mol. The molecule has 0 radical (unpaired) electrons. The third-order valence-electron chi connectivity index (χ3n) is 2.36. The van der Waals surface area contributed by atoms with E-state index >= 15 is 0 Å². The topological polar surface area (TPSA) is 26.0 Å².